The SMILES string of the molecule is Cc1c(C=NN2C(=O)C3C4C=CC(C4)C3C2=O)c2ccccc2n1CC#N. The van der Waals surface area contributed by atoms with Crippen LogP contribution in [0.25, 0.3) is 10.9 Å². The highest BCUT2D eigenvalue weighted by Gasteiger charge is 2.59. The highest BCUT2D eigenvalue weighted by atomic mass is 16.2. The molecule has 1 aromatic heterocycles. The number of carbonyl (C=O) groups is 2. The maximum absolute atomic E-state index is 12.8. The second-order valence-electron chi connectivity index (χ2n) is 7.49. The van der Waals surface area contributed by atoms with Gasteiger partial charge in [0.15, 0.2) is 0 Å². The topological polar surface area (TPSA) is 78.5 Å². The van der Waals surface area contributed by atoms with Crippen LogP contribution in [-0.2, 0) is 16.1 Å². The second-order valence-corrected chi connectivity index (χ2v) is 7.49. The van der Waals surface area contributed by atoms with Crippen molar-refractivity contribution in [3.63, 3.8) is 0 Å². The van der Waals surface area contributed by atoms with Crippen molar-refractivity contribution in [1.82, 2.24) is 9.58 Å². The maximum Gasteiger partial charge on any atom is 0.254 e. The lowest BCUT2D eigenvalue weighted by molar-refractivity contribution is -0.140. The van der Waals surface area contributed by atoms with Gasteiger partial charge in [-0.3, -0.25) is 9.59 Å². The summed E-state index contributed by atoms with van der Waals surface area (Å²) in [4.78, 5) is 25.5. The molecule has 2 amide bonds. The van der Waals surface area contributed by atoms with Crippen LogP contribution in [0.15, 0.2) is 41.5 Å². The Balaban J connectivity index is 1.52. The van der Waals surface area contributed by atoms with Crippen LogP contribution in [0.5, 0.6) is 0 Å². The van der Waals surface area contributed by atoms with Gasteiger partial charge < -0.3 is 4.57 Å². The molecule has 5 rings (SSSR count). The van der Waals surface area contributed by atoms with Crippen molar-refractivity contribution >= 4 is 28.9 Å². The number of carbonyl (C=O) groups excluding carboxylic acids is 2. The Labute approximate surface area is 156 Å². The van der Waals surface area contributed by atoms with E-state index in [4.69, 9.17) is 5.26 Å². The normalized spacial score (nSPS) is 28.7. The molecule has 3 aliphatic rings. The number of hydrazone groups is 1. The Hall–Kier alpha value is -3.20. The number of nitriles is 1. The molecule has 2 fully saturated rings. The van der Waals surface area contributed by atoms with E-state index in [9.17, 15) is 9.59 Å². The summed E-state index contributed by atoms with van der Waals surface area (Å²) in [5.41, 5.74) is 2.67. The molecule has 2 aliphatic carbocycles. The van der Waals surface area contributed by atoms with Gasteiger partial charge in [-0.05, 0) is 31.2 Å². The minimum atomic E-state index is -0.245. The fraction of sp³-hybridized carbons (Fsp3) is 0.333. The van der Waals surface area contributed by atoms with Crippen LogP contribution in [-0.4, -0.2) is 27.6 Å². The fourth-order valence-corrected chi connectivity index (χ4v) is 5.01. The molecular formula is C21H18N4O2. The number of aromatic nitrogens is 1. The number of benzene rings is 1. The van der Waals surface area contributed by atoms with Gasteiger partial charge in [-0.15, -0.1) is 0 Å². The van der Waals surface area contributed by atoms with Gasteiger partial charge in [0.05, 0.1) is 24.1 Å². The van der Waals surface area contributed by atoms with Crippen LogP contribution in [0.2, 0.25) is 0 Å². The molecule has 27 heavy (non-hydrogen) atoms. The zero-order chi connectivity index (χ0) is 18.7. The Morgan fingerprint density at radius 3 is 2.52 bits per heavy atom. The number of fused-ring (bicyclic) bond motifs is 6. The second kappa shape index (κ2) is 5.65. The molecular weight excluding hydrogens is 340 g/mol. The molecule has 2 bridgehead atoms. The Morgan fingerprint density at radius 2 is 1.85 bits per heavy atom. The quantitative estimate of drug-likeness (QED) is 0.481. The van der Waals surface area contributed by atoms with E-state index >= 15 is 0 Å². The van der Waals surface area contributed by atoms with E-state index in [0.717, 1.165) is 33.6 Å². The molecule has 1 aromatic carbocycles. The standard InChI is InChI=1S/C21H18N4O2/c1-12-16(15-4-2-3-5-17(15)24(12)9-8-22)11-23-25-20(26)18-13-6-7-14(10-13)19(18)21(25)27/h2-7,11,13-14,18-19H,9-10H2,1H3. The highest BCUT2D eigenvalue weighted by molar-refractivity contribution is 6.08. The number of hydrogen-bond donors (Lipinski definition) is 0. The number of amides is 2. The van der Waals surface area contributed by atoms with E-state index in [0.29, 0.717) is 0 Å². The third-order valence-electron chi connectivity index (χ3n) is 6.26. The van der Waals surface area contributed by atoms with Crippen LogP contribution in [0.4, 0.5) is 0 Å². The van der Waals surface area contributed by atoms with Crippen LogP contribution in [0, 0.1) is 41.9 Å². The zero-order valence-corrected chi connectivity index (χ0v) is 14.9. The van der Waals surface area contributed by atoms with E-state index in [1.54, 1.807) is 6.21 Å². The van der Waals surface area contributed by atoms with E-state index in [1.807, 2.05) is 35.8 Å². The summed E-state index contributed by atoms with van der Waals surface area (Å²) in [6.45, 7) is 2.16. The number of imide groups is 1. The largest absolute Gasteiger partial charge is 0.330 e. The average molecular weight is 358 g/mol. The van der Waals surface area contributed by atoms with Crippen molar-refractivity contribution in [3.8, 4) is 6.07 Å². The third kappa shape index (κ3) is 2.08. The van der Waals surface area contributed by atoms with Gasteiger partial charge >= 0.3 is 0 Å². The first-order chi connectivity index (χ1) is 13.1. The minimum absolute atomic E-state index is 0.177. The maximum atomic E-state index is 12.8. The van der Waals surface area contributed by atoms with Gasteiger partial charge in [0.25, 0.3) is 11.8 Å². The van der Waals surface area contributed by atoms with Crippen molar-refractivity contribution in [2.75, 3.05) is 0 Å². The lowest BCUT2D eigenvalue weighted by atomic mass is 9.85. The first-order valence-electron chi connectivity index (χ1n) is 9.16. The molecule has 1 saturated carbocycles. The van der Waals surface area contributed by atoms with E-state index < -0.39 is 0 Å². The molecule has 2 aromatic rings. The van der Waals surface area contributed by atoms with Crippen LogP contribution < -0.4 is 0 Å². The number of allylic oxidation sites excluding steroid dienone is 2. The third-order valence-corrected chi connectivity index (χ3v) is 6.26. The molecule has 2 heterocycles. The molecule has 134 valence electrons. The first-order valence-corrected chi connectivity index (χ1v) is 9.16. The summed E-state index contributed by atoms with van der Waals surface area (Å²) in [6.07, 6.45) is 6.65. The highest BCUT2D eigenvalue weighted by Crippen LogP contribution is 2.52. The Morgan fingerprint density at radius 1 is 1.19 bits per heavy atom. The van der Waals surface area contributed by atoms with Crippen LogP contribution in [0.1, 0.15) is 17.7 Å². The zero-order valence-electron chi connectivity index (χ0n) is 14.9. The van der Waals surface area contributed by atoms with Gasteiger partial charge in [-0.2, -0.15) is 15.4 Å². The van der Waals surface area contributed by atoms with Crippen molar-refractivity contribution < 1.29 is 9.59 Å². The van der Waals surface area contributed by atoms with Crippen molar-refractivity contribution in [1.29, 1.82) is 5.26 Å². The predicted octanol–water partition coefficient (Wildman–Crippen LogP) is 2.61. The van der Waals surface area contributed by atoms with Gasteiger partial charge in [-0.25, -0.2) is 0 Å². The molecule has 4 atom stereocenters. The summed E-state index contributed by atoms with van der Waals surface area (Å²) >= 11 is 0. The van der Waals surface area contributed by atoms with Gasteiger partial charge in [0.1, 0.15) is 6.54 Å². The molecule has 1 saturated heterocycles. The summed E-state index contributed by atoms with van der Waals surface area (Å²) in [6, 6.07) is 9.95. The smallest absolute Gasteiger partial charge is 0.254 e. The van der Waals surface area contributed by atoms with Crippen molar-refractivity contribution in [2.24, 2.45) is 28.8 Å². The summed E-state index contributed by atoms with van der Waals surface area (Å²) in [7, 11) is 0. The lowest BCUT2D eigenvalue weighted by Gasteiger charge is -2.13. The van der Waals surface area contributed by atoms with Crippen molar-refractivity contribution in [3.05, 3.63) is 47.7 Å². The number of para-hydroxylation sites is 1. The Bertz CT molecular complexity index is 1060. The number of hydrogen-bond acceptors (Lipinski definition) is 4. The lowest BCUT2D eigenvalue weighted by Crippen LogP contribution is -2.28. The number of rotatable bonds is 3. The number of nitrogens with zero attached hydrogens (tertiary/aromatic N) is 4. The molecule has 0 N–H and O–H groups in total. The van der Waals surface area contributed by atoms with E-state index in [1.165, 1.54) is 0 Å². The monoisotopic (exact) mass is 358 g/mol. The molecule has 1 aliphatic heterocycles. The first kappa shape index (κ1) is 16.0. The molecule has 0 spiro atoms. The van der Waals surface area contributed by atoms with Crippen LogP contribution >= 0.6 is 0 Å². The fourth-order valence-electron chi connectivity index (χ4n) is 5.01. The van der Waals surface area contributed by atoms with Gasteiger partial charge in [0.2, 0.25) is 0 Å². The summed E-state index contributed by atoms with van der Waals surface area (Å²) < 4.78 is 1.92. The minimum Gasteiger partial charge on any atom is -0.330 e. The molecule has 6 heteroatoms. The van der Waals surface area contributed by atoms with E-state index in [2.05, 4.69) is 23.3 Å². The van der Waals surface area contributed by atoms with Crippen molar-refractivity contribution in [2.45, 2.75) is 19.9 Å². The molecule has 0 radical (unpaired) electrons. The summed E-state index contributed by atoms with van der Waals surface area (Å²) in [5.74, 6) is -0.503. The molecule has 6 nitrogen and oxygen atoms in total. The van der Waals surface area contributed by atoms with Gasteiger partial charge in [0, 0.05) is 22.2 Å². The summed E-state index contributed by atoms with van der Waals surface area (Å²) in [5, 5.41) is 15.4. The Kier molecular flexibility index (Phi) is 3.35. The van der Waals surface area contributed by atoms with E-state index in [-0.39, 0.29) is 42.0 Å². The van der Waals surface area contributed by atoms with Gasteiger partial charge in [-0.1, -0.05) is 30.4 Å². The predicted molar refractivity (Wildman–Crippen MR) is 99.5 cm³/mol. The van der Waals surface area contributed by atoms with Crippen LogP contribution in [0.3, 0.4) is 0 Å². The molecule has 4 unspecified atom stereocenters. The average Bonchev–Trinajstić information content (AvgIpc) is 3.40.